The van der Waals surface area contributed by atoms with Gasteiger partial charge in [0.05, 0.1) is 5.56 Å². The highest BCUT2D eigenvalue weighted by molar-refractivity contribution is 5.90. The SMILES string of the molecule is C=C(C)C(=O)OC(OC(=O)c1ccccc1)c1ccccc1. The molecule has 2 aromatic rings. The van der Waals surface area contributed by atoms with Crippen LogP contribution in [0, 0.1) is 0 Å². The van der Waals surface area contributed by atoms with Gasteiger partial charge in [-0.2, -0.15) is 0 Å². The van der Waals surface area contributed by atoms with E-state index >= 15 is 0 Å². The van der Waals surface area contributed by atoms with Crippen molar-refractivity contribution in [3.05, 3.63) is 83.9 Å². The molecule has 1 unspecified atom stereocenters. The van der Waals surface area contributed by atoms with Gasteiger partial charge in [0.25, 0.3) is 6.29 Å². The normalized spacial score (nSPS) is 11.3. The Labute approximate surface area is 129 Å². The Kier molecular flexibility index (Phi) is 5.09. The molecule has 0 saturated heterocycles. The molecule has 0 aromatic heterocycles. The third kappa shape index (κ3) is 4.06. The fourth-order valence-electron chi connectivity index (χ4n) is 1.71. The quantitative estimate of drug-likeness (QED) is 0.480. The maximum Gasteiger partial charge on any atom is 0.341 e. The molecule has 0 saturated carbocycles. The molecule has 0 aliphatic rings. The molecule has 0 radical (unpaired) electrons. The Morgan fingerprint density at radius 1 is 0.909 bits per heavy atom. The summed E-state index contributed by atoms with van der Waals surface area (Å²) in [6.45, 7) is 5.06. The lowest BCUT2D eigenvalue weighted by Gasteiger charge is -2.18. The summed E-state index contributed by atoms with van der Waals surface area (Å²) in [4.78, 5) is 23.9. The number of rotatable bonds is 5. The van der Waals surface area contributed by atoms with E-state index in [1.807, 2.05) is 6.07 Å². The summed E-state index contributed by atoms with van der Waals surface area (Å²) in [5, 5.41) is 0. The zero-order valence-corrected chi connectivity index (χ0v) is 12.2. The van der Waals surface area contributed by atoms with E-state index in [2.05, 4.69) is 6.58 Å². The second-order valence-electron chi connectivity index (χ2n) is 4.70. The van der Waals surface area contributed by atoms with Crippen LogP contribution in [-0.4, -0.2) is 11.9 Å². The van der Waals surface area contributed by atoms with E-state index in [0.29, 0.717) is 11.1 Å². The maximum absolute atomic E-state index is 12.1. The molecule has 0 spiro atoms. The van der Waals surface area contributed by atoms with Crippen molar-refractivity contribution in [2.24, 2.45) is 0 Å². The lowest BCUT2D eigenvalue weighted by molar-refractivity contribution is -0.165. The van der Waals surface area contributed by atoms with Crippen molar-refractivity contribution >= 4 is 11.9 Å². The number of hydrogen-bond donors (Lipinski definition) is 0. The molecule has 4 nitrogen and oxygen atoms in total. The third-order valence-electron chi connectivity index (χ3n) is 2.86. The Bertz CT molecular complexity index is 662. The molecule has 2 rings (SSSR count). The van der Waals surface area contributed by atoms with Crippen molar-refractivity contribution in [1.29, 1.82) is 0 Å². The van der Waals surface area contributed by atoms with E-state index in [9.17, 15) is 9.59 Å². The van der Waals surface area contributed by atoms with Gasteiger partial charge in [0, 0.05) is 11.1 Å². The predicted molar refractivity (Wildman–Crippen MR) is 81.9 cm³/mol. The minimum atomic E-state index is -1.11. The molecular weight excluding hydrogens is 280 g/mol. The molecule has 4 heteroatoms. The number of esters is 2. The minimum Gasteiger partial charge on any atom is -0.417 e. The van der Waals surface area contributed by atoms with Crippen LogP contribution in [0.15, 0.2) is 72.8 Å². The highest BCUT2D eigenvalue weighted by Gasteiger charge is 2.22. The highest BCUT2D eigenvalue weighted by Crippen LogP contribution is 2.21. The summed E-state index contributed by atoms with van der Waals surface area (Å²) in [5.41, 5.74) is 1.19. The van der Waals surface area contributed by atoms with Crippen molar-refractivity contribution in [2.75, 3.05) is 0 Å². The van der Waals surface area contributed by atoms with Gasteiger partial charge in [-0.15, -0.1) is 0 Å². The smallest absolute Gasteiger partial charge is 0.341 e. The molecule has 0 N–H and O–H groups in total. The summed E-state index contributed by atoms with van der Waals surface area (Å²) >= 11 is 0. The van der Waals surface area contributed by atoms with Gasteiger partial charge in [-0.1, -0.05) is 55.1 Å². The van der Waals surface area contributed by atoms with Crippen molar-refractivity contribution in [2.45, 2.75) is 13.2 Å². The summed E-state index contributed by atoms with van der Waals surface area (Å²) < 4.78 is 10.5. The zero-order chi connectivity index (χ0) is 15.9. The number of carbonyl (C=O) groups excluding carboxylic acids is 2. The molecule has 0 amide bonds. The van der Waals surface area contributed by atoms with Gasteiger partial charge in [0.1, 0.15) is 0 Å². The Hall–Kier alpha value is -2.88. The second kappa shape index (κ2) is 7.22. The van der Waals surface area contributed by atoms with Crippen LogP contribution in [0.3, 0.4) is 0 Å². The van der Waals surface area contributed by atoms with Gasteiger partial charge in [-0.25, -0.2) is 9.59 Å². The topological polar surface area (TPSA) is 52.6 Å². The lowest BCUT2D eigenvalue weighted by Crippen LogP contribution is -2.18. The largest absolute Gasteiger partial charge is 0.417 e. The van der Waals surface area contributed by atoms with E-state index < -0.39 is 18.2 Å². The molecule has 112 valence electrons. The Morgan fingerprint density at radius 2 is 1.45 bits per heavy atom. The first kappa shape index (κ1) is 15.5. The maximum atomic E-state index is 12.1. The summed E-state index contributed by atoms with van der Waals surface area (Å²) in [6.07, 6.45) is -1.11. The number of ether oxygens (including phenoxy) is 2. The molecule has 2 aromatic carbocycles. The Balaban J connectivity index is 2.19. The average Bonchev–Trinajstić information content (AvgIpc) is 2.55. The molecule has 0 heterocycles. The zero-order valence-electron chi connectivity index (χ0n) is 12.2. The van der Waals surface area contributed by atoms with E-state index in [1.54, 1.807) is 54.6 Å². The molecule has 0 aliphatic heterocycles. The van der Waals surface area contributed by atoms with Gasteiger partial charge >= 0.3 is 11.9 Å². The number of benzene rings is 2. The van der Waals surface area contributed by atoms with Crippen LogP contribution in [0.2, 0.25) is 0 Å². The minimum absolute atomic E-state index is 0.233. The highest BCUT2D eigenvalue weighted by atomic mass is 16.7. The van der Waals surface area contributed by atoms with Crippen LogP contribution >= 0.6 is 0 Å². The fraction of sp³-hybridized carbons (Fsp3) is 0.111. The van der Waals surface area contributed by atoms with Crippen LogP contribution < -0.4 is 0 Å². The standard InChI is InChI=1S/C18H16O4/c1-13(2)16(19)21-18(15-11-7-4-8-12-15)22-17(20)14-9-5-3-6-10-14/h3-12,18H,1H2,2H3. The average molecular weight is 296 g/mol. The molecule has 1 atom stereocenters. The van der Waals surface area contributed by atoms with Crippen molar-refractivity contribution in [3.63, 3.8) is 0 Å². The van der Waals surface area contributed by atoms with Gasteiger partial charge < -0.3 is 9.47 Å². The molecular formula is C18H16O4. The molecule has 0 fully saturated rings. The number of carbonyl (C=O) groups is 2. The van der Waals surface area contributed by atoms with Gasteiger partial charge in [0.2, 0.25) is 0 Å². The predicted octanol–water partition coefficient (Wildman–Crippen LogP) is 3.66. The van der Waals surface area contributed by atoms with Gasteiger partial charge in [-0.3, -0.25) is 0 Å². The second-order valence-corrected chi connectivity index (χ2v) is 4.70. The number of hydrogen-bond acceptors (Lipinski definition) is 4. The van der Waals surface area contributed by atoms with Crippen molar-refractivity contribution in [1.82, 2.24) is 0 Å². The van der Waals surface area contributed by atoms with Crippen LogP contribution in [0.25, 0.3) is 0 Å². The van der Waals surface area contributed by atoms with Crippen LogP contribution in [-0.2, 0) is 14.3 Å². The van der Waals surface area contributed by atoms with Crippen molar-refractivity contribution in [3.8, 4) is 0 Å². The first-order chi connectivity index (χ1) is 10.6. The van der Waals surface area contributed by atoms with Crippen LogP contribution in [0.5, 0.6) is 0 Å². The first-order valence-corrected chi connectivity index (χ1v) is 6.75. The first-order valence-electron chi connectivity index (χ1n) is 6.75. The van der Waals surface area contributed by atoms with Gasteiger partial charge in [-0.05, 0) is 19.1 Å². The fourth-order valence-corrected chi connectivity index (χ4v) is 1.71. The van der Waals surface area contributed by atoms with E-state index in [4.69, 9.17) is 9.47 Å². The summed E-state index contributed by atoms with van der Waals surface area (Å²) in [7, 11) is 0. The van der Waals surface area contributed by atoms with E-state index in [1.165, 1.54) is 6.92 Å². The summed E-state index contributed by atoms with van der Waals surface area (Å²) in [6, 6.07) is 17.3. The Morgan fingerprint density at radius 3 is 2.00 bits per heavy atom. The summed E-state index contributed by atoms with van der Waals surface area (Å²) in [5.74, 6) is -1.18. The molecule has 22 heavy (non-hydrogen) atoms. The van der Waals surface area contributed by atoms with Crippen molar-refractivity contribution < 1.29 is 19.1 Å². The van der Waals surface area contributed by atoms with Crippen LogP contribution in [0.1, 0.15) is 29.1 Å². The van der Waals surface area contributed by atoms with E-state index in [-0.39, 0.29) is 5.57 Å². The monoisotopic (exact) mass is 296 g/mol. The third-order valence-corrected chi connectivity index (χ3v) is 2.86. The van der Waals surface area contributed by atoms with Crippen LogP contribution in [0.4, 0.5) is 0 Å². The van der Waals surface area contributed by atoms with Gasteiger partial charge in [0.15, 0.2) is 0 Å². The van der Waals surface area contributed by atoms with E-state index in [0.717, 1.165) is 0 Å². The molecule has 0 aliphatic carbocycles. The lowest BCUT2D eigenvalue weighted by atomic mass is 10.2. The molecule has 0 bridgehead atoms.